The first-order chi connectivity index (χ1) is 10.4. The van der Waals surface area contributed by atoms with E-state index < -0.39 is 15.7 Å². The van der Waals surface area contributed by atoms with Gasteiger partial charge in [0, 0.05) is 12.1 Å². The van der Waals surface area contributed by atoms with Crippen LogP contribution in [0.2, 0.25) is 0 Å². The number of anilines is 1. The smallest absolute Gasteiger partial charge is 0.225 e. The third-order valence-corrected chi connectivity index (χ3v) is 4.84. The summed E-state index contributed by atoms with van der Waals surface area (Å²) in [5.74, 6) is -1.21. The van der Waals surface area contributed by atoms with Gasteiger partial charge in [-0.25, -0.2) is 12.8 Å². The second-order valence-corrected chi connectivity index (χ2v) is 7.05. The Morgan fingerprint density at radius 3 is 2.23 bits per heavy atom. The number of halogens is 1. The molecule has 0 aliphatic carbocycles. The highest BCUT2D eigenvalue weighted by Gasteiger charge is 2.16. The van der Waals surface area contributed by atoms with Gasteiger partial charge in [-0.15, -0.1) is 0 Å². The zero-order valence-corrected chi connectivity index (χ0v) is 12.9. The molecule has 2 rings (SSSR count). The Kier molecular flexibility index (Phi) is 4.92. The SMILES string of the molecule is Cc1ccc(NC(=O)CCS(=O)(=O)c2ccc(F)cc2)cc1. The van der Waals surface area contributed by atoms with E-state index in [1.54, 1.807) is 12.1 Å². The molecule has 0 spiro atoms. The van der Waals surface area contributed by atoms with Crippen molar-refractivity contribution in [1.82, 2.24) is 0 Å². The van der Waals surface area contributed by atoms with Gasteiger partial charge in [0.1, 0.15) is 5.82 Å². The van der Waals surface area contributed by atoms with Gasteiger partial charge in [-0.2, -0.15) is 0 Å². The Labute approximate surface area is 128 Å². The first-order valence-electron chi connectivity index (χ1n) is 6.72. The molecule has 0 unspecified atom stereocenters. The van der Waals surface area contributed by atoms with Crippen LogP contribution in [-0.2, 0) is 14.6 Å². The van der Waals surface area contributed by atoms with Crippen LogP contribution >= 0.6 is 0 Å². The average Bonchev–Trinajstić information content (AvgIpc) is 2.48. The minimum Gasteiger partial charge on any atom is -0.326 e. The molecule has 0 aliphatic heterocycles. The maximum atomic E-state index is 12.8. The van der Waals surface area contributed by atoms with Crippen LogP contribution in [0.4, 0.5) is 10.1 Å². The van der Waals surface area contributed by atoms with Crippen molar-refractivity contribution < 1.29 is 17.6 Å². The van der Waals surface area contributed by atoms with Gasteiger partial charge in [-0.05, 0) is 43.3 Å². The number of carbonyl (C=O) groups excluding carboxylic acids is 1. The molecular weight excluding hydrogens is 305 g/mol. The molecule has 0 bridgehead atoms. The Bertz CT molecular complexity index is 753. The normalized spacial score (nSPS) is 11.2. The number of nitrogens with one attached hydrogen (secondary N) is 1. The molecule has 1 amide bonds. The van der Waals surface area contributed by atoms with E-state index in [9.17, 15) is 17.6 Å². The largest absolute Gasteiger partial charge is 0.326 e. The molecule has 0 saturated carbocycles. The van der Waals surface area contributed by atoms with Crippen LogP contribution in [0, 0.1) is 12.7 Å². The predicted octanol–water partition coefficient (Wildman–Crippen LogP) is 2.94. The summed E-state index contributed by atoms with van der Waals surface area (Å²) in [6.07, 6.45) is -0.159. The molecule has 6 heteroatoms. The fraction of sp³-hybridized carbons (Fsp3) is 0.188. The lowest BCUT2D eigenvalue weighted by Crippen LogP contribution is -2.17. The van der Waals surface area contributed by atoms with E-state index in [1.807, 2.05) is 19.1 Å². The molecular formula is C16H16FNO3S. The lowest BCUT2D eigenvalue weighted by atomic mass is 10.2. The Balaban J connectivity index is 1.95. The molecule has 0 radical (unpaired) electrons. The molecule has 2 aromatic carbocycles. The topological polar surface area (TPSA) is 63.2 Å². The first kappa shape index (κ1) is 16.2. The van der Waals surface area contributed by atoms with Gasteiger partial charge in [0.05, 0.1) is 10.6 Å². The van der Waals surface area contributed by atoms with Gasteiger partial charge in [0.2, 0.25) is 5.91 Å². The third kappa shape index (κ3) is 4.39. The summed E-state index contributed by atoms with van der Waals surface area (Å²) in [7, 11) is -3.60. The minimum absolute atomic E-state index is 0.0111. The standard InChI is InChI=1S/C16H16FNO3S/c1-12-2-6-14(7-3-12)18-16(19)10-11-22(20,21)15-8-4-13(17)5-9-15/h2-9H,10-11H2,1H3,(H,18,19). The van der Waals surface area contributed by atoms with Crippen molar-refractivity contribution in [2.75, 3.05) is 11.1 Å². The minimum atomic E-state index is -3.60. The number of aryl methyl sites for hydroxylation is 1. The van der Waals surface area contributed by atoms with E-state index in [4.69, 9.17) is 0 Å². The molecule has 0 aliphatic rings. The second kappa shape index (κ2) is 6.70. The zero-order valence-electron chi connectivity index (χ0n) is 12.0. The molecule has 0 fully saturated rings. The fourth-order valence-electron chi connectivity index (χ4n) is 1.85. The zero-order chi connectivity index (χ0) is 16.2. The number of rotatable bonds is 5. The van der Waals surface area contributed by atoms with E-state index in [0.717, 1.165) is 17.7 Å². The number of hydrogen-bond donors (Lipinski definition) is 1. The molecule has 1 N–H and O–H groups in total. The van der Waals surface area contributed by atoms with Gasteiger partial charge in [0.15, 0.2) is 9.84 Å². The number of hydrogen-bond acceptors (Lipinski definition) is 3. The van der Waals surface area contributed by atoms with E-state index in [-0.39, 0.29) is 23.0 Å². The summed E-state index contributed by atoms with van der Waals surface area (Å²) >= 11 is 0. The van der Waals surface area contributed by atoms with Gasteiger partial charge in [0.25, 0.3) is 0 Å². The quantitative estimate of drug-likeness (QED) is 0.861. The molecule has 22 heavy (non-hydrogen) atoms. The Hall–Kier alpha value is -2.21. The third-order valence-electron chi connectivity index (χ3n) is 3.11. The van der Waals surface area contributed by atoms with Crippen molar-refractivity contribution in [3.8, 4) is 0 Å². The second-order valence-electron chi connectivity index (χ2n) is 4.94. The summed E-state index contributed by atoms with van der Waals surface area (Å²) in [5.41, 5.74) is 1.69. The van der Waals surface area contributed by atoms with Crippen LogP contribution in [0.25, 0.3) is 0 Å². The summed E-state index contributed by atoms with van der Waals surface area (Å²) in [5, 5.41) is 2.64. The van der Waals surface area contributed by atoms with E-state index >= 15 is 0 Å². The monoisotopic (exact) mass is 321 g/mol. The summed E-state index contributed by atoms with van der Waals surface area (Å²) < 4.78 is 36.9. The van der Waals surface area contributed by atoms with Crippen molar-refractivity contribution in [1.29, 1.82) is 0 Å². The van der Waals surface area contributed by atoms with Crippen LogP contribution in [0.15, 0.2) is 53.4 Å². The molecule has 0 saturated heterocycles. The number of benzene rings is 2. The van der Waals surface area contributed by atoms with Crippen molar-refractivity contribution in [3.63, 3.8) is 0 Å². The van der Waals surface area contributed by atoms with E-state index in [1.165, 1.54) is 12.1 Å². The van der Waals surface area contributed by atoms with Crippen molar-refractivity contribution in [2.24, 2.45) is 0 Å². The lowest BCUT2D eigenvalue weighted by Gasteiger charge is -2.07. The van der Waals surface area contributed by atoms with Crippen molar-refractivity contribution in [2.45, 2.75) is 18.2 Å². The summed E-state index contributed by atoms with van der Waals surface area (Å²) in [6.45, 7) is 1.93. The van der Waals surface area contributed by atoms with Crippen molar-refractivity contribution >= 4 is 21.4 Å². The number of carbonyl (C=O) groups is 1. The van der Waals surface area contributed by atoms with E-state index in [2.05, 4.69) is 5.32 Å². The average molecular weight is 321 g/mol. The number of sulfone groups is 1. The molecule has 0 aromatic heterocycles. The Morgan fingerprint density at radius 2 is 1.64 bits per heavy atom. The van der Waals surface area contributed by atoms with Crippen LogP contribution in [0.5, 0.6) is 0 Å². The molecule has 0 atom stereocenters. The first-order valence-corrected chi connectivity index (χ1v) is 8.37. The van der Waals surface area contributed by atoms with Crippen LogP contribution in [0.3, 0.4) is 0 Å². The number of amides is 1. The molecule has 2 aromatic rings. The van der Waals surface area contributed by atoms with Gasteiger partial charge < -0.3 is 5.32 Å². The van der Waals surface area contributed by atoms with Gasteiger partial charge in [-0.3, -0.25) is 4.79 Å². The molecule has 0 heterocycles. The highest BCUT2D eigenvalue weighted by Crippen LogP contribution is 2.14. The summed E-state index contributed by atoms with van der Waals surface area (Å²) in [4.78, 5) is 11.8. The van der Waals surface area contributed by atoms with E-state index in [0.29, 0.717) is 5.69 Å². The maximum Gasteiger partial charge on any atom is 0.225 e. The predicted molar refractivity (Wildman–Crippen MR) is 82.9 cm³/mol. The Morgan fingerprint density at radius 1 is 1.05 bits per heavy atom. The fourth-order valence-corrected chi connectivity index (χ4v) is 3.09. The molecule has 116 valence electrons. The van der Waals surface area contributed by atoms with Crippen LogP contribution in [-0.4, -0.2) is 20.1 Å². The van der Waals surface area contributed by atoms with Crippen LogP contribution < -0.4 is 5.32 Å². The van der Waals surface area contributed by atoms with Gasteiger partial charge >= 0.3 is 0 Å². The highest BCUT2D eigenvalue weighted by molar-refractivity contribution is 7.91. The maximum absolute atomic E-state index is 12.8. The van der Waals surface area contributed by atoms with Gasteiger partial charge in [-0.1, -0.05) is 17.7 Å². The van der Waals surface area contributed by atoms with Crippen molar-refractivity contribution in [3.05, 3.63) is 59.9 Å². The summed E-state index contributed by atoms with van der Waals surface area (Å²) in [6, 6.07) is 11.8. The molecule has 4 nitrogen and oxygen atoms in total. The highest BCUT2D eigenvalue weighted by atomic mass is 32.2. The lowest BCUT2D eigenvalue weighted by molar-refractivity contribution is -0.115. The van der Waals surface area contributed by atoms with Crippen LogP contribution in [0.1, 0.15) is 12.0 Å².